The van der Waals surface area contributed by atoms with Crippen molar-refractivity contribution in [2.75, 3.05) is 0 Å². The summed E-state index contributed by atoms with van der Waals surface area (Å²) in [6, 6.07) is 12.1. The Kier molecular flexibility index (Phi) is 8.24. The molecule has 2 aromatic rings. The molecule has 0 aromatic heterocycles. The van der Waals surface area contributed by atoms with E-state index < -0.39 is 0 Å². The van der Waals surface area contributed by atoms with E-state index in [1.165, 1.54) is 5.56 Å². The summed E-state index contributed by atoms with van der Waals surface area (Å²) >= 11 is 0. The summed E-state index contributed by atoms with van der Waals surface area (Å²) < 4.78 is 5.78. The Morgan fingerprint density at radius 1 is 1.08 bits per heavy atom. The Labute approximate surface area is 159 Å². The Bertz CT molecular complexity index is 672. The Morgan fingerprint density at radius 2 is 1.62 bits per heavy atom. The number of hydrogen-bond donors (Lipinski definition) is 0. The second-order valence-corrected chi connectivity index (χ2v) is 7.37. The van der Waals surface area contributed by atoms with Crippen LogP contribution in [0.5, 0.6) is 5.75 Å². The third kappa shape index (κ3) is 5.49. The van der Waals surface area contributed by atoms with Crippen molar-refractivity contribution in [3.63, 3.8) is 0 Å². The monoisotopic (exact) mass is 336 g/mol. The second-order valence-electron chi connectivity index (χ2n) is 6.09. The van der Waals surface area contributed by atoms with Crippen LogP contribution in [0.1, 0.15) is 47.3 Å². The molecule has 4 heteroatoms. The van der Waals surface area contributed by atoms with Crippen molar-refractivity contribution in [1.82, 2.24) is 0 Å². The molecule has 0 bridgehead atoms. The van der Waals surface area contributed by atoms with Crippen LogP contribution in [-0.2, 0) is 0 Å². The summed E-state index contributed by atoms with van der Waals surface area (Å²) in [6.07, 6.45) is 1.19. The van der Waals surface area contributed by atoms with Crippen LogP contribution >= 0.6 is 8.58 Å². The number of carbonyl (C=O) groups excluding carboxylic acids is 1. The third-order valence-electron chi connectivity index (χ3n) is 3.93. The molecule has 0 amide bonds. The molecule has 0 saturated carbocycles. The van der Waals surface area contributed by atoms with Crippen molar-refractivity contribution >= 4 is 38.3 Å². The molecule has 2 unspecified atom stereocenters. The zero-order chi connectivity index (χ0) is 17.0. The fraction of sp³-hybridized carbons (Fsp3) is 0.350. The molecule has 24 heavy (non-hydrogen) atoms. The first-order chi connectivity index (χ1) is 10.9. The average Bonchev–Trinajstić information content (AvgIpc) is 2.48. The van der Waals surface area contributed by atoms with E-state index in [2.05, 4.69) is 32.9 Å². The zero-order valence-corrected chi connectivity index (χ0v) is 15.6. The van der Waals surface area contributed by atoms with Gasteiger partial charge in [-0.2, -0.15) is 0 Å². The van der Waals surface area contributed by atoms with Crippen LogP contribution in [-0.4, -0.2) is 30.5 Å². The first-order valence-corrected chi connectivity index (χ1v) is 9.06. The van der Waals surface area contributed by atoms with Gasteiger partial charge in [0.1, 0.15) is 5.75 Å². The van der Waals surface area contributed by atoms with Crippen LogP contribution in [0, 0.1) is 20.8 Å². The van der Waals surface area contributed by atoms with Crippen LogP contribution in [0.25, 0.3) is 0 Å². The molecule has 0 heterocycles. The van der Waals surface area contributed by atoms with Gasteiger partial charge in [-0.15, -0.1) is 0 Å². The van der Waals surface area contributed by atoms with Gasteiger partial charge in [0, 0.05) is 5.56 Å². The van der Waals surface area contributed by atoms with Crippen LogP contribution < -0.4 is 10.0 Å². The van der Waals surface area contributed by atoms with Gasteiger partial charge in [-0.25, -0.2) is 0 Å². The first kappa shape index (κ1) is 21.0. The maximum atomic E-state index is 12.7. The Hall–Kier alpha value is -1.06. The predicted molar refractivity (Wildman–Crippen MR) is 107 cm³/mol. The van der Waals surface area contributed by atoms with Crippen LogP contribution in [0.2, 0.25) is 0 Å². The fourth-order valence-electron chi connectivity index (χ4n) is 2.66. The topological polar surface area (TPSA) is 26.3 Å². The fourth-order valence-corrected chi connectivity index (χ4v) is 3.78. The van der Waals surface area contributed by atoms with E-state index in [0.29, 0.717) is 0 Å². The second kappa shape index (κ2) is 9.43. The molecule has 2 rings (SSSR count). The van der Waals surface area contributed by atoms with E-state index in [1.807, 2.05) is 38.1 Å². The van der Waals surface area contributed by atoms with Gasteiger partial charge in [0.25, 0.3) is 0 Å². The minimum absolute atomic E-state index is 0. The van der Waals surface area contributed by atoms with Crippen molar-refractivity contribution in [1.29, 1.82) is 0 Å². The minimum atomic E-state index is 0. The van der Waals surface area contributed by atoms with E-state index in [0.717, 1.165) is 34.2 Å². The first-order valence-electron chi connectivity index (χ1n) is 8.06. The van der Waals surface area contributed by atoms with Crippen LogP contribution in [0.15, 0.2) is 36.4 Å². The molecule has 0 radical (unpaired) electrons. The Morgan fingerprint density at radius 3 is 2.12 bits per heavy atom. The molecule has 2 aromatic carbocycles. The van der Waals surface area contributed by atoms with Gasteiger partial charge in [0.15, 0.2) is 5.52 Å². The van der Waals surface area contributed by atoms with Gasteiger partial charge in [0.05, 0.1) is 6.10 Å². The molecular weight excluding hydrogens is 310 g/mol. The number of ether oxygens (including phenoxy) is 1. The molecule has 0 spiro atoms. The van der Waals surface area contributed by atoms with Gasteiger partial charge >= 0.3 is 18.9 Å². The number of hydrogen-bond acceptors (Lipinski definition) is 2. The van der Waals surface area contributed by atoms with E-state index in [9.17, 15) is 4.79 Å². The molecule has 0 aliphatic carbocycles. The van der Waals surface area contributed by atoms with E-state index in [1.54, 1.807) is 0 Å². The van der Waals surface area contributed by atoms with Crippen molar-refractivity contribution in [3.8, 4) is 5.75 Å². The van der Waals surface area contributed by atoms with E-state index in [-0.39, 0.29) is 39.1 Å². The molecule has 0 N–H and O–H groups in total. The summed E-state index contributed by atoms with van der Waals surface area (Å²) in [4.78, 5) is 12.7. The van der Waals surface area contributed by atoms with Crippen molar-refractivity contribution in [3.05, 3.63) is 58.7 Å². The van der Waals surface area contributed by atoms with Crippen LogP contribution in [0.3, 0.4) is 0 Å². The zero-order valence-electron chi connectivity index (χ0n) is 14.6. The molecule has 2 atom stereocenters. The summed E-state index contributed by atoms with van der Waals surface area (Å²) in [7, 11) is 0.143. The molecule has 124 valence electrons. The number of aryl methyl sites for hydroxylation is 3. The maximum absolute atomic E-state index is 12.7. The van der Waals surface area contributed by atoms with E-state index >= 15 is 0 Å². The average molecular weight is 336 g/mol. The summed E-state index contributed by atoms with van der Waals surface area (Å²) in [6.45, 7) is 10.3. The number of rotatable bonds is 6. The van der Waals surface area contributed by atoms with Gasteiger partial charge in [0.2, 0.25) is 0 Å². The number of carbonyl (C=O) groups is 1. The molecule has 0 saturated heterocycles. The van der Waals surface area contributed by atoms with Gasteiger partial charge < -0.3 is 4.74 Å². The molecule has 0 aliphatic heterocycles. The molecule has 2 nitrogen and oxygen atoms in total. The summed E-state index contributed by atoms with van der Waals surface area (Å²) in [5.74, 6) is 0.864. The van der Waals surface area contributed by atoms with Crippen LogP contribution in [0.4, 0.5) is 0 Å². The van der Waals surface area contributed by atoms with Gasteiger partial charge in [-0.05, 0) is 71.3 Å². The summed E-state index contributed by atoms with van der Waals surface area (Å²) in [5.41, 5.74) is 4.41. The van der Waals surface area contributed by atoms with Crippen molar-refractivity contribution in [2.24, 2.45) is 0 Å². The third-order valence-corrected chi connectivity index (χ3v) is 5.03. The van der Waals surface area contributed by atoms with Crippen molar-refractivity contribution in [2.45, 2.75) is 47.1 Å². The summed E-state index contributed by atoms with van der Waals surface area (Å²) in [5, 5.41) is 1.05. The molecular formula is C20H26LiO2P. The molecule has 0 fully saturated rings. The van der Waals surface area contributed by atoms with Gasteiger partial charge in [-0.1, -0.05) is 36.8 Å². The standard InChI is InChI=1S/C20H25O2P.Li.H/c1-6-16(5)22-17-7-9-18(10-8-17)23-20(21)19-14(3)11-13(2)12-15(19)4;;/h7-12,16,23H,6H2,1-5H3;;. The number of benzene rings is 2. The predicted octanol–water partition coefficient (Wildman–Crippen LogP) is 4.28. The van der Waals surface area contributed by atoms with Crippen molar-refractivity contribution < 1.29 is 9.53 Å². The van der Waals surface area contributed by atoms with E-state index in [4.69, 9.17) is 4.74 Å². The quantitative estimate of drug-likeness (QED) is 0.581. The SMILES string of the molecule is CCC(C)Oc1ccc(PC(=O)c2c(C)cc(C)cc2C)cc1.[LiH]. The normalized spacial score (nSPS) is 12.0. The Balaban J connectivity index is 0.00000288. The molecule has 0 aliphatic rings. The van der Waals surface area contributed by atoms with Gasteiger partial charge in [-0.3, -0.25) is 4.79 Å².